The summed E-state index contributed by atoms with van der Waals surface area (Å²) in [6.07, 6.45) is 6.38. The van der Waals surface area contributed by atoms with Crippen LogP contribution in [-0.4, -0.2) is 29.6 Å². The number of anilines is 2. The molecule has 1 N–H and O–H groups in total. The van der Waals surface area contributed by atoms with Gasteiger partial charge in [-0.25, -0.2) is 4.98 Å². The third-order valence-corrected chi connectivity index (χ3v) is 4.59. The van der Waals surface area contributed by atoms with E-state index < -0.39 is 0 Å². The fourth-order valence-corrected chi connectivity index (χ4v) is 3.24. The lowest BCUT2D eigenvalue weighted by molar-refractivity contribution is 0.567. The number of hydrogen-bond donors (Lipinski definition) is 1. The molecule has 1 aliphatic heterocycles. The minimum Gasteiger partial charge on any atom is -0.369 e. The summed E-state index contributed by atoms with van der Waals surface area (Å²) in [5, 5.41) is 3.35. The number of hydrogen-bond acceptors (Lipinski definition) is 4. The van der Waals surface area contributed by atoms with Crippen LogP contribution in [0.5, 0.6) is 0 Å². The average molecular weight is 325 g/mol. The maximum Gasteiger partial charge on any atom is 0.227 e. The van der Waals surface area contributed by atoms with Gasteiger partial charge in [0.25, 0.3) is 0 Å². The highest BCUT2D eigenvalue weighted by Gasteiger charge is 2.30. The Morgan fingerprint density at radius 3 is 2.58 bits per heavy atom. The first-order valence-corrected chi connectivity index (χ1v) is 8.15. The summed E-state index contributed by atoms with van der Waals surface area (Å²) in [7, 11) is 0. The van der Waals surface area contributed by atoms with Gasteiger partial charge in [0.05, 0.1) is 10.2 Å². The van der Waals surface area contributed by atoms with Gasteiger partial charge in [-0.05, 0) is 55.0 Å². The second kappa shape index (κ2) is 5.65. The van der Waals surface area contributed by atoms with Gasteiger partial charge < -0.3 is 10.2 Å². The monoisotopic (exact) mass is 324 g/mol. The number of piperidine rings is 1. The second-order valence-electron chi connectivity index (χ2n) is 5.42. The fraction of sp³-hybridized carbons (Fsp3) is 0.714. The normalized spacial score (nSPS) is 19.6. The number of aromatic nitrogens is 2. The molecule has 0 bridgehead atoms. The van der Waals surface area contributed by atoms with Crippen LogP contribution in [-0.2, 0) is 0 Å². The van der Waals surface area contributed by atoms with Gasteiger partial charge in [-0.15, -0.1) is 0 Å². The van der Waals surface area contributed by atoms with Crippen molar-refractivity contribution in [1.29, 1.82) is 0 Å². The molecular formula is C14H21BrN4. The van der Waals surface area contributed by atoms with Crippen LogP contribution in [0.2, 0.25) is 0 Å². The molecule has 0 unspecified atom stereocenters. The van der Waals surface area contributed by atoms with E-state index in [2.05, 4.69) is 33.1 Å². The minimum atomic E-state index is 0.637. The summed E-state index contributed by atoms with van der Waals surface area (Å²) in [6, 6.07) is 0. The molecule has 0 spiro atoms. The predicted molar refractivity (Wildman–Crippen MR) is 81.9 cm³/mol. The van der Waals surface area contributed by atoms with Crippen molar-refractivity contribution in [3.63, 3.8) is 0 Å². The fourth-order valence-electron chi connectivity index (χ4n) is 2.60. The molecule has 19 heavy (non-hydrogen) atoms. The maximum atomic E-state index is 4.83. The highest BCUT2D eigenvalue weighted by Crippen LogP contribution is 2.44. The standard InChI is InChI=1S/C14H21BrN4/c1-2-16-13-11(15)12(10-6-7-10)17-14(18-13)19-8-4-3-5-9-19/h10H,2-9H2,1H3,(H,16,17,18). The molecule has 0 amide bonds. The zero-order valence-electron chi connectivity index (χ0n) is 11.5. The first-order chi connectivity index (χ1) is 9.29. The van der Waals surface area contributed by atoms with Crippen molar-refractivity contribution in [3.8, 4) is 0 Å². The molecule has 104 valence electrons. The summed E-state index contributed by atoms with van der Waals surface area (Å²) < 4.78 is 1.07. The van der Waals surface area contributed by atoms with Crippen molar-refractivity contribution in [2.45, 2.75) is 44.9 Å². The van der Waals surface area contributed by atoms with E-state index in [-0.39, 0.29) is 0 Å². The Kier molecular flexibility index (Phi) is 3.91. The van der Waals surface area contributed by atoms with Gasteiger partial charge in [0.1, 0.15) is 5.82 Å². The Morgan fingerprint density at radius 1 is 1.21 bits per heavy atom. The van der Waals surface area contributed by atoms with Gasteiger partial charge in [0.2, 0.25) is 5.95 Å². The number of nitrogens with zero attached hydrogens (tertiary/aromatic N) is 3. The minimum absolute atomic E-state index is 0.637. The van der Waals surface area contributed by atoms with Crippen molar-refractivity contribution in [2.75, 3.05) is 29.9 Å². The van der Waals surface area contributed by atoms with Crippen LogP contribution in [0.4, 0.5) is 11.8 Å². The van der Waals surface area contributed by atoms with E-state index in [1.807, 2.05) is 0 Å². The highest BCUT2D eigenvalue weighted by atomic mass is 79.9. The van der Waals surface area contributed by atoms with Crippen molar-refractivity contribution in [3.05, 3.63) is 10.2 Å². The molecule has 1 aromatic heterocycles. The molecule has 0 atom stereocenters. The van der Waals surface area contributed by atoms with Crippen LogP contribution in [0, 0.1) is 0 Å². The summed E-state index contributed by atoms with van der Waals surface area (Å²) in [5.41, 5.74) is 1.20. The van der Waals surface area contributed by atoms with Crippen LogP contribution in [0.3, 0.4) is 0 Å². The molecule has 4 nitrogen and oxygen atoms in total. The summed E-state index contributed by atoms with van der Waals surface area (Å²) >= 11 is 3.68. The van der Waals surface area contributed by atoms with Crippen molar-refractivity contribution in [1.82, 2.24) is 9.97 Å². The third kappa shape index (κ3) is 2.86. The molecule has 0 aromatic carbocycles. The highest BCUT2D eigenvalue weighted by molar-refractivity contribution is 9.10. The topological polar surface area (TPSA) is 41.1 Å². The van der Waals surface area contributed by atoms with Gasteiger partial charge in [0, 0.05) is 25.6 Å². The molecule has 1 saturated heterocycles. The quantitative estimate of drug-likeness (QED) is 0.919. The third-order valence-electron chi connectivity index (χ3n) is 3.81. The van der Waals surface area contributed by atoms with Crippen LogP contribution in [0.15, 0.2) is 4.47 Å². The van der Waals surface area contributed by atoms with E-state index in [1.54, 1.807) is 0 Å². The molecule has 2 heterocycles. The Bertz CT molecular complexity index is 453. The second-order valence-corrected chi connectivity index (χ2v) is 6.22. The number of nitrogens with one attached hydrogen (secondary N) is 1. The van der Waals surface area contributed by atoms with Crippen molar-refractivity contribution < 1.29 is 0 Å². The average Bonchev–Trinajstić information content (AvgIpc) is 3.27. The summed E-state index contributed by atoms with van der Waals surface area (Å²) in [5.74, 6) is 2.51. The zero-order chi connectivity index (χ0) is 13.2. The van der Waals surface area contributed by atoms with Gasteiger partial charge in [-0.2, -0.15) is 4.98 Å². The van der Waals surface area contributed by atoms with E-state index in [9.17, 15) is 0 Å². The van der Waals surface area contributed by atoms with E-state index in [4.69, 9.17) is 9.97 Å². The molecule has 3 rings (SSSR count). The van der Waals surface area contributed by atoms with Crippen LogP contribution in [0.25, 0.3) is 0 Å². The Labute approximate surface area is 123 Å². The molecule has 1 aliphatic carbocycles. The summed E-state index contributed by atoms with van der Waals surface area (Å²) in [6.45, 7) is 5.18. The predicted octanol–water partition coefficient (Wildman–Crippen LogP) is 3.54. The smallest absolute Gasteiger partial charge is 0.227 e. The van der Waals surface area contributed by atoms with Gasteiger partial charge in [-0.3, -0.25) is 0 Å². The van der Waals surface area contributed by atoms with E-state index in [1.165, 1.54) is 37.8 Å². The van der Waals surface area contributed by atoms with Gasteiger partial charge >= 0.3 is 0 Å². The SMILES string of the molecule is CCNc1nc(N2CCCCC2)nc(C2CC2)c1Br. The maximum absolute atomic E-state index is 4.83. The zero-order valence-corrected chi connectivity index (χ0v) is 13.0. The Hall–Kier alpha value is -0.840. The molecule has 2 fully saturated rings. The lowest BCUT2D eigenvalue weighted by atomic mass is 10.1. The molecule has 0 radical (unpaired) electrons. The van der Waals surface area contributed by atoms with Gasteiger partial charge in [0.15, 0.2) is 0 Å². The summed E-state index contributed by atoms with van der Waals surface area (Å²) in [4.78, 5) is 11.9. The first-order valence-electron chi connectivity index (χ1n) is 7.36. The van der Waals surface area contributed by atoms with Crippen LogP contribution >= 0.6 is 15.9 Å². The lowest BCUT2D eigenvalue weighted by Gasteiger charge is -2.27. The van der Waals surface area contributed by atoms with Crippen LogP contribution < -0.4 is 10.2 Å². The van der Waals surface area contributed by atoms with Crippen molar-refractivity contribution in [2.24, 2.45) is 0 Å². The number of rotatable bonds is 4. The molecule has 2 aliphatic rings. The van der Waals surface area contributed by atoms with Gasteiger partial charge in [-0.1, -0.05) is 0 Å². The van der Waals surface area contributed by atoms with Crippen molar-refractivity contribution >= 4 is 27.7 Å². The Morgan fingerprint density at radius 2 is 1.95 bits per heavy atom. The number of halogens is 1. The first kappa shape index (κ1) is 13.2. The van der Waals surface area contributed by atoms with Crippen LogP contribution in [0.1, 0.15) is 50.6 Å². The molecule has 1 saturated carbocycles. The van der Waals surface area contributed by atoms with E-state index in [0.717, 1.165) is 35.9 Å². The molecule has 1 aromatic rings. The molecular weight excluding hydrogens is 304 g/mol. The lowest BCUT2D eigenvalue weighted by Crippen LogP contribution is -2.31. The van der Waals surface area contributed by atoms with E-state index >= 15 is 0 Å². The van der Waals surface area contributed by atoms with E-state index in [0.29, 0.717) is 5.92 Å². The largest absolute Gasteiger partial charge is 0.369 e. The Balaban J connectivity index is 1.93. The molecule has 5 heteroatoms.